The molecule has 0 saturated carbocycles. The Hall–Kier alpha value is -3.49. The highest BCUT2D eigenvalue weighted by molar-refractivity contribution is 7.11. The summed E-state index contributed by atoms with van der Waals surface area (Å²) in [6.45, 7) is 4.19. The molecule has 2 aromatic carbocycles. The third-order valence-electron chi connectivity index (χ3n) is 4.64. The lowest BCUT2D eigenvalue weighted by molar-refractivity contribution is 1.31. The van der Waals surface area contributed by atoms with Crippen molar-refractivity contribution in [2.75, 3.05) is 5.32 Å². The van der Waals surface area contributed by atoms with Crippen molar-refractivity contribution in [2.45, 2.75) is 13.8 Å². The molecule has 28 heavy (non-hydrogen) atoms. The first-order valence-corrected chi connectivity index (χ1v) is 9.77. The molecule has 0 amide bonds. The second-order valence-electron chi connectivity index (χ2n) is 6.56. The molecule has 4 aromatic rings. The Morgan fingerprint density at radius 1 is 1.11 bits per heavy atom. The molecule has 0 radical (unpaired) electrons. The van der Waals surface area contributed by atoms with Crippen LogP contribution in [-0.2, 0) is 0 Å². The zero-order valence-corrected chi connectivity index (χ0v) is 16.4. The van der Waals surface area contributed by atoms with Crippen LogP contribution in [0.4, 0.5) is 5.69 Å². The summed E-state index contributed by atoms with van der Waals surface area (Å²) in [6, 6.07) is 18.4. The normalized spacial score (nSPS) is 11.4. The molecule has 4 nitrogen and oxygen atoms in total. The summed E-state index contributed by atoms with van der Waals surface area (Å²) in [6.07, 6.45) is 3.49. The first-order chi connectivity index (χ1) is 13.6. The van der Waals surface area contributed by atoms with Gasteiger partial charge in [-0.3, -0.25) is 4.98 Å². The maximum atomic E-state index is 9.59. The van der Waals surface area contributed by atoms with E-state index in [0.29, 0.717) is 10.6 Å². The number of rotatable bonds is 4. The monoisotopic (exact) mass is 382 g/mol. The molecule has 2 heterocycles. The maximum absolute atomic E-state index is 9.59. The number of thiazole rings is 1. The van der Waals surface area contributed by atoms with E-state index in [-0.39, 0.29) is 0 Å². The van der Waals surface area contributed by atoms with Crippen LogP contribution in [0.1, 0.15) is 16.1 Å². The predicted molar refractivity (Wildman–Crippen MR) is 116 cm³/mol. The molecule has 0 spiro atoms. The number of pyridine rings is 1. The van der Waals surface area contributed by atoms with Crippen molar-refractivity contribution in [1.82, 2.24) is 9.97 Å². The summed E-state index contributed by atoms with van der Waals surface area (Å²) >= 11 is 1.47. The van der Waals surface area contributed by atoms with Crippen LogP contribution >= 0.6 is 11.3 Å². The number of benzene rings is 2. The van der Waals surface area contributed by atoms with Crippen molar-refractivity contribution in [3.05, 3.63) is 82.4 Å². The number of hydrogen-bond acceptors (Lipinski definition) is 5. The van der Waals surface area contributed by atoms with Crippen LogP contribution in [0.3, 0.4) is 0 Å². The summed E-state index contributed by atoms with van der Waals surface area (Å²) in [5.41, 5.74) is 6.79. The van der Waals surface area contributed by atoms with Gasteiger partial charge in [0.05, 0.1) is 11.2 Å². The second-order valence-corrected chi connectivity index (χ2v) is 7.42. The lowest BCUT2D eigenvalue weighted by Gasteiger charge is -2.04. The van der Waals surface area contributed by atoms with E-state index in [4.69, 9.17) is 0 Å². The molecule has 5 heteroatoms. The van der Waals surface area contributed by atoms with E-state index >= 15 is 0 Å². The van der Waals surface area contributed by atoms with Crippen molar-refractivity contribution in [1.29, 1.82) is 5.26 Å². The van der Waals surface area contributed by atoms with Crippen LogP contribution < -0.4 is 5.32 Å². The summed E-state index contributed by atoms with van der Waals surface area (Å²) in [5.74, 6) is 0. The largest absolute Gasteiger partial charge is 0.360 e. The molecule has 0 saturated heterocycles. The van der Waals surface area contributed by atoms with Crippen LogP contribution in [0.5, 0.6) is 0 Å². The predicted octanol–water partition coefficient (Wildman–Crippen LogP) is 5.95. The molecule has 0 aliphatic rings. The van der Waals surface area contributed by atoms with Crippen molar-refractivity contribution >= 4 is 33.5 Å². The maximum Gasteiger partial charge on any atom is 0.136 e. The second kappa shape index (κ2) is 7.63. The van der Waals surface area contributed by atoms with Gasteiger partial charge in [-0.2, -0.15) is 5.26 Å². The van der Waals surface area contributed by atoms with Gasteiger partial charge in [0.2, 0.25) is 0 Å². The molecule has 0 unspecified atom stereocenters. The number of aromatic nitrogens is 2. The quantitative estimate of drug-likeness (QED) is 0.443. The van der Waals surface area contributed by atoms with Gasteiger partial charge < -0.3 is 5.32 Å². The van der Waals surface area contributed by atoms with E-state index in [1.807, 2.05) is 35.7 Å². The fraction of sp³-hybridized carbons (Fsp3) is 0.0870. The molecule has 4 rings (SSSR count). The zero-order chi connectivity index (χ0) is 19.5. The highest BCUT2D eigenvalue weighted by Gasteiger charge is 2.09. The Kier molecular flexibility index (Phi) is 4.88. The topological polar surface area (TPSA) is 61.6 Å². The van der Waals surface area contributed by atoms with Crippen molar-refractivity contribution in [3.8, 4) is 17.3 Å². The number of nitrogens with one attached hydrogen (secondary N) is 1. The van der Waals surface area contributed by atoms with Gasteiger partial charge in [0.15, 0.2) is 0 Å². The van der Waals surface area contributed by atoms with E-state index in [0.717, 1.165) is 27.8 Å². The summed E-state index contributed by atoms with van der Waals surface area (Å²) < 4.78 is 0. The molecular formula is C23H18N4S. The van der Waals surface area contributed by atoms with Crippen LogP contribution in [0.15, 0.2) is 66.3 Å². The number of allylic oxidation sites excluding steroid dienone is 1. The van der Waals surface area contributed by atoms with Gasteiger partial charge in [-0.15, -0.1) is 11.3 Å². The van der Waals surface area contributed by atoms with Crippen molar-refractivity contribution in [3.63, 3.8) is 0 Å². The Balaban J connectivity index is 1.59. The Labute approximate surface area is 167 Å². The van der Waals surface area contributed by atoms with E-state index in [9.17, 15) is 5.26 Å². The van der Waals surface area contributed by atoms with Gasteiger partial charge in [0.1, 0.15) is 16.6 Å². The number of anilines is 1. The number of nitriles is 1. The SMILES string of the molecule is Cc1ccc(-c2csc(/C(C#N)=C/Nc3ccc4ncccc4c3)n2)cc1C. The van der Waals surface area contributed by atoms with Crippen LogP contribution in [0.25, 0.3) is 27.7 Å². The molecule has 136 valence electrons. The third-order valence-corrected chi connectivity index (χ3v) is 5.52. The average Bonchev–Trinajstić information content (AvgIpc) is 3.20. The molecule has 0 aliphatic heterocycles. The van der Waals surface area contributed by atoms with Gasteiger partial charge in [-0.1, -0.05) is 18.2 Å². The molecular weight excluding hydrogens is 364 g/mol. The van der Waals surface area contributed by atoms with Crippen LogP contribution in [0.2, 0.25) is 0 Å². The van der Waals surface area contributed by atoms with Gasteiger partial charge in [0, 0.05) is 34.4 Å². The lowest BCUT2D eigenvalue weighted by Crippen LogP contribution is -1.91. The van der Waals surface area contributed by atoms with E-state index in [2.05, 4.69) is 53.4 Å². The average molecular weight is 382 g/mol. The minimum Gasteiger partial charge on any atom is -0.360 e. The number of hydrogen-bond donors (Lipinski definition) is 1. The molecule has 0 fully saturated rings. The Morgan fingerprint density at radius 2 is 2.00 bits per heavy atom. The molecule has 0 atom stereocenters. The highest BCUT2D eigenvalue weighted by Crippen LogP contribution is 2.27. The van der Waals surface area contributed by atoms with Gasteiger partial charge in [-0.25, -0.2) is 4.98 Å². The minimum atomic E-state index is 0.506. The smallest absolute Gasteiger partial charge is 0.136 e. The molecule has 0 aliphatic carbocycles. The fourth-order valence-electron chi connectivity index (χ4n) is 2.89. The first kappa shape index (κ1) is 17.9. The summed E-state index contributed by atoms with van der Waals surface area (Å²) in [7, 11) is 0. The van der Waals surface area contributed by atoms with Crippen molar-refractivity contribution in [2.24, 2.45) is 0 Å². The lowest BCUT2D eigenvalue weighted by atomic mass is 10.1. The minimum absolute atomic E-state index is 0.506. The van der Waals surface area contributed by atoms with Gasteiger partial charge in [-0.05, 0) is 55.3 Å². The molecule has 2 aromatic heterocycles. The van der Waals surface area contributed by atoms with Crippen molar-refractivity contribution < 1.29 is 0 Å². The zero-order valence-electron chi connectivity index (χ0n) is 15.6. The molecule has 1 N–H and O–H groups in total. The standard InChI is InChI=1S/C23H18N4S/c1-15-5-6-18(10-16(15)2)22-14-28-23(27-22)19(12-24)13-26-20-7-8-21-17(11-20)4-3-9-25-21/h3-11,13-14,26H,1-2H3/b19-13+. The van der Waals surface area contributed by atoms with Crippen LogP contribution in [0, 0.1) is 25.2 Å². The third kappa shape index (κ3) is 3.64. The van der Waals surface area contributed by atoms with Crippen LogP contribution in [-0.4, -0.2) is 9.97 Å². The highest BCUT2D eigenvalue weighted by atomic mass is 32.1. The number of nitrogens with zero attached hydrogens (tertiary/aromatic N) is 3. The Morgan fingerprint density at radius 3 is 2.82 bits per heavy atom. The fourth-order valence-corrected chi connectivity index (χ4v) is 3.69. The Bertz CT molecular complexity index is 1230. The first-order valence-electron chi connectivity index (χ1n) is 8.89. The van der Waals surface area contributed by atoms with E-state index < -0.39 is 0 Å². The van der Waals surface area contributed by atoms with E-state index in [1.54, 1.807) is 12.4 Å². The number of aryl methyl sites for hydroxylation is 2. The summed E-state index contributed by atoms with van der Waals surface area (Å²) in [5, 5.41) is 16.5. The summed E-state index contributed by atoms with van der Waals surface area (Å²) in [4.78, 5) is 8.98. The molecule has 0 bridgehead atoms. The number of fused-ring (bicyclic) bond motifs is 1. The van der Waals surface area contributed by atoms with E-state index in [1.165, 1.54) is 22.5 Å². The van der Waals surface area contributed by atoms with Gasteiger partial charge >= 0.3 is 0 Å². The van der Waals surface area contributed by atoms with Gasteiger partial charge in [0.25, 0.3) is 0 Å².